The van der Waals surface area contributed by atoms with Crippen LogP contribution in [0.5, 0.6) is 11.5 Å². The monoisotopic (exact) mass is 480 g/mol. The Morgan fingerprint density at radius 1 is 0.943 bits per heavy atom. The molecule has 0 aromatic heterocycles. The molecule has 1 spiro atoms. The molecule has 2 aliphatic rings. The van der Waals surface area contributed by atoms with Crippen molar-refractivity contribution < 1.29 is 23.5 Å². The lowest BCUT2D eigenvalue weighted by molar-refractivity contribution is -0.132. The van der Waals surface area contributed by atoms with E-state index in [9.17, 15) is 14.0 Å². The second-order valence-corrected chi connectivity index (χ2v) is 9.22. The molecule has 0 aliphatic carbocycles. The van der Waals surface area contributed by atoms with E-state index in [2.05, 4.69) is 0 Å². The Morgan fingerprint density at radius 2 is 1.60 bits per heavy atom. The van der Waals surface area contributed by atoms with Crippen molar-refractivity contribution in [1.29, 1.82) is 0 Å². The number of amides is 2. The number of hydrogen-bond acceptors (Lipinski definition) is 4. The molecule has 2 aliphatic heterocycles. The molecule has 2 heterocycles. The van der Waals surface area contributed by atoms with E-state index < -0.39 is 5.82 Å². The molecule has 0 unspecified atom stereocenters. The maximum absolute atomic E-state index is 13.7. The number of nitrogens with zero attached hydrogens (tertiary/aromatic N) is 2. The summed E-state index contributed by atoms with van der Waals surface area (Å²) in [4.78, 5) is 29.2. The number of ether oxygens (including phenoxy) is 2. The fraction of sp³-hybridized carbons (Fsp3) is 0.429. The average Bonchev–Trinajstić information content (AvgIpc) is 3.28. The van der Waals surface area contributed by atoms with Crippen LogP contribution < -0.4 is 9.47 Å². The third kappa shape index (κ3) is 6.21. The van der Waals surface area contributed by atoms with Crippen molar-refractivity contribution in [1.82, 2.24) is 9.80 Å². The summed E-state index contributed by atoms with van der Waals surface area (Å²) >= 11 is 0. The molecule has 7 heteroatoms. The standard InChI is InChI=1S/C28H33FN2O4/c1-2-34-24-9-5-3-7-22(24)11-12-26(32)30-17-14-28(15-18-30)16-19-31(21-28)27(33)13-20-35-25-10-6-4-8-23(25)29/h3-12H,2,13-21H2,1H3/b12-11+. The fourth-order valence-corrected chi connectivity index (χ4v) is 4.90. The van der Waals surface area contributed by atoms with Gasteiger partial charge in [0.25, 0.3) is 0 Å². The second kappa shape index (κ2) is 11.4. The molecular formula is C28H33FN2O4. The number of rotatable bonds is 8. The van der Waals surface area contributed by atoms with Crippen molar-refractivity contribution in [2.45, 2.75) is 32.6 Å². The van der Waals surface area contributed by atoms with Gasteiger partial charge in [-0.1, -0.05) is 30.3 Å². The van der Waals surface area contributed by atoms with Crippen LogP contribution in [0.2, 0.25) is 0 Å². The van der Waals surface area contributed by atoms with Gasteiger partial charge in [0.2, 0.25) is 11.8 Å². The van der Waals surface area contributed by atoms with E-state index in [1.807, 2.05) is 47.1 Å². The van der Waals surface area contributed by atoms with E-state index in [1.165, 1.54) is 6.07 Å². The Labute approximate surface area is 206 Å². The summed E-state index contributed by atoms with van der Waals surface area (Å²) in [7, 11) is 0. The molecule has 35 heavy (non-hydrogen) atoms. The highest BCUT2D eigenvalue weighted by Crippen LogP contribution is 2.40. The van der Waals surface area contributed by atoms with Crippen molar-refractivity contribution in [2.24, 2.45) is 5.41 Å². The van der Waals surface area contributed by atoms with Gasteiger partial charge in [0.15, 0.2) is 11.6 Å². The highest BCUT2D eigenvalue weighted by atomic mass is 19.1. The van der Waals surface area contributed by atoms with Crippen LogP contribution in [0.4, 0.5) is 4.39 Å². The maximum Gasteiger partial charge on any atom is 0.246 e. The zero-order valence-corrected chi connectivity index (χ0v) is 20.2. The minimum absolute atomic E-state index is 0.00220. The van der Waals surface area contributed by atoms with Crippen LogP contribution in [0.3, 0.4) is 0 Å². The predicted octanol–water partition coefficient (Wildman–Crippen LogP) is 4.55. The minimum Gasteiger partial charge on any atom is -0.493 e. The SMILES string of the molecule is CCOc1ccccc1/C=C/C(=O)N1CCC2(CC1)CCN(C(=O)CCOc1ccccc1F)C2. The van der Waals surface area contributed by atoms with Crippen LogP contribution in [0.15, 0.2) is 54.6 Å². The summed E-state index contributed by atoms with van der Waals surface area (Å²) in [5, 5.41) is 0. The number of piperidine rings is 1. The molecule has 2 fully saturated rings. The summed E-state index contributed by atoms with van der Waals surface area (Å²) in [5.41, 5.74) is 0.963. The molecule has 0 N–H and O–H groups in total. The zero-order valence-electron chi connectivity index (χ0n) is 20.2. The van der Waals surface area contributed by atoms with Crippen molar-refractivity contribution >= 4 is 17.9 Å². The normalized spacial score (nSPS) is 17.2. The topological polar surface area (TPSA) is 59.1 Å². The van der Waals surface area contributed by atoms with Gasteiger partial charge in [-0.3, -0.25) is 9.59 Å². The fourth-order valence-electron chi connectivity index (χ4n) is 4.90. The smallest absolute Gasteiger partial charge is 0.246 e. The average molecular weight is 481 g/mol. The van der Waals surface area contributed by atoms with E-state index in [0.29, 0.717) is 26.2 Å². The molecule has 0 atom stereocenters. The molecule has 186 valence electrons. The van der Waals surface area contributed by atoms with Gasteiger partial charge >= 0.3 is 0 Å². The van der Waals surface area contributed by atoms with Gasteiger partial charge in [0.05, 0.1) is 19.6 Å². The maximum atomic E-state index is 13.7. The Kier molecular flexibility index (Phi) is 8.06. The van der Waals surface area contributed by atoms with Crippen molar-refractivity contribution in [2.75, 3.05) is 39.4 Å². The predicted molar refractivity (Wildman–Crippen MR) is 133 cm³/mol. The second-order valence-electron chi connectivity index (χ2n) is 9.22. The summed E-state index contributed by atoms with van der Waals surface area (Å²) in [6.07, 6.45) is 6.39. The van der Waals surface area contributed by atoms with Crippen LogP contribution >= 0.6 is 0 Å². The molecule has 2 saturated heterocycles. The molecule has 0 radical (unpaired) electrons. The number of benzene rings is 2. The van der Waals surface area contributed by atoms with Crippen LogP contribution in [-0.2, 0) is 9.59 Å². The molecule has 6 nitrogen and oxygen atoms in total. The lowest BCUT2D eigenvalue weighted by Crippen LogP contribution is -2.44. The largest absolute Gasteiger partial charge is 0.493 e. The van der Waals surface area contributed by atoms with E-state index >= 15 is 0 Å². The summed E-state index contributed by atoms with van der Waals surface area (Å²) in [6, 6.07) is 13.9. The third-order valence-corrected chi connectivity index (χ3v) is 6.96. The number of halogens is 1. The quantitative estimate of drug-likeness (QED) is 0.521. The number of carbonyl (C=O) groups is 2. The third-order valence-electron chi connectivity index (χ3n) is 6.96. The van der Waals surface area contributed by atoms with Gasteiger partial charge in [0, 0.05) is 37.8 Å². The van der Waals surface area contributed by atoms with E-state index in [4.69, 9.17) is 9.47 Å². The first-order chi connectivity index (χ1) is 17.0. The van der Waals surface area contributed by atoms with Gasteiger partial charge in [-0.05, 0) is 55.9 Å². The first-order valence-electron chi connectivity index (χ1n) is 12.3. The van der Waals surface area contributed by atoms with Crippen LogP contribution in [0.25, 0.3) is 6.08 Å². The molecular weight excluding hydrogens is 447 g/mol. The molecule has 2 aromatic carbocycles. The number of carbonyl (C=O) groups excluding carboxylic acids is 2. The Bertz CT molecular complexity index is 1060. The number of hydrogen-bond donors (Lipinski definition) is 0. The van der Waals surface area contributed by atoms with Gasteiger partial charge in [-0.15, -0.1) is 0 Å². The Balaban J connectivity index is 1.23. The van der Waals surface area contributed by atoms with Crippen molar-refractivity contribution in [3.05, 3.63) is 66.0 Å². The lowest BCUT2D eigenvalue weighted by Gasteiger charge is -2.39. The molecule has 2 amide bonds. The minimum atomic E-state index is -0.422. The van der Waals surface area contributed by atoms with Gasteiger partial charge < -0.3 is 19.3 Å². The molecule has 0 saturated carbocycles. The molecule has 2 aromatic rings. The van der Waals surface area contributed by atoms with Crippen LogP contribution in [-0.4, -0.2) is 61.0 Å². The van der Waals surface area contributed by atoms with Gasteiger partial charge in [-0.2, -0.15) is 0 Å². The first kappa shape index (κ1) is 24.8. The molecule has 4 rings (SSSR count). The highest BCUT2D eigenvalue weighted by Gasteiger charge is 2.42. The summed E-state index contributed by atoms with van der Waals surface area (Å²) in [5.74, 6) is 0.557. The van der Waals surface area contributed by atoms with Gasteiger partial charge in [-0.25, -0.2) is 4.39 Å². The molecule has 0 bridgehead atoms. The summed E-state index contributed by atoms with van der Waals surface area (Å²) < 4.78 is 24.7. The van der Waals surface area contributed by atoms with E-state index in [1.54, 1.807) is 24.3 Å². The number of para-hydroxylation sites is 2. The van der Waals surface area contributed by atoms with E-state index in [0.717, 1.165) is 37.1 Å². The van der Waals surface area contributed by atoms with Crippen molar-refractivity contribution in [3.8, 4) is 11.5 Å². The number of likely N-dealkylation sites (tertiary alicyclic amines) is 2. The Hall–Kier alpha value is -3.35. The first-order valence-corrected chi connectivity index (χ1v) is 12.3. The highest BCUT2D eigenvalue weighted by molar-refractivity contribution is 5.92. The van der Waals surface area contributed by atoms with Crippen LogP contribution in [0, 0.1) is 11.2 Å². The van der Waals surface area contributed by atoms with E-state index in [-0.39, 0.29) is 36.0 Å². The van der Waals surface area contributed by atoms with Crippen molar-refractivity contribution in [3.63, 3.8) is 0 Å². The Morgan fingerprint density at radius 3 is 2.31 bits per heavy atom. The zero-order chi connectivity index (χ0) is 24.7. The van der Waals surface area contributed by atoms with Crippen LogP contribution in [0.1, 0.15) is 38.2 Å². The van der Waals surface area contributed by atoms with Gasteiger partial charge in [0.1, 0.15) is 5.75 Å². The lowest BCUT2D eigenvalue weighted by atomic mass is 9.78. The summed E-state index contributed by atoms with van der Waals surface area (Å²) in [6.45, 7) is 5.48.